The number of piperidine rings is 1. The number of methoxy groups -OCH3 is 2. The van der Waals surface area contributed by atoms with Crippen molar-refractivity contribution in [3.05, 3.63) is 23.3 Å². The van der Waals surface area contributed by atoms with Gasteiger partial charge >= 0.3 is 0 Å². The Morgan fingerprint density at radius 1 is 1.22 bits per heavy atom. The van der Waals surface area contributed by atoms with Gasteiger partial charge in [0.25, 0.3) is 0 Å². The molecule has 1 N–H and O–H groups in total. The van der Waals surface area contributed by atoms with Crippen molar-refractivity contribution in [3.8, 4) is 11.5 Å². The van der Waals surface area contributed by atoms with Crippen LogP contribution in [-0.2, 0) is 11.8 Å². The number of likely N-dealkylation sites (tertiary alicyclic amines) is 1. The molecule has 0 unspecified atom stereocenters. The average molecular weight is 317 g/mol. The molecular formula is C19H27NO3. The highest BCUT2D eigenvalue weighted by Crippen LogP contribution is 2.59. The third kappa shape index (κ3) is 2.04. The highest BCUT2D eigenvalue weighted by atomic mass is 16.5. The molecule has 1 aromatic carbocycles. The second-order valence-corrected chi connectivity index (χ2v) is 7.54. The molecule has 23 heavy (non-hydrogen) atoms. The lowest BCUT2D eigenvalue weighted by Crippen LogP contribution is -2.61. The Kier molecular flexibility index (Phi) is 3.58. The predicted molar refractivity (Wildman–Crippen MR) is 89.3 cm³/mol. The predicted octanol–water partition coefficient (Wildman–Crippen LogP) is 2.36. The van der Waals surface area contributed by atoms with Gasteiger partial charge in [-0.15, -0.1) is 0 Å². The topological polar surface area (TPSA) is 41.9 Å². The lowest BCUT2D eigenvalue weighted by molar-refractivity contribution is -0.0403. The second-order valence-electron chi connectivity index (χ2n) is 7.54. The number of aliphatic hydroxyl groups excluding tert-OH is 1. The molecule has 1 aliphatic heterocycles. The van der Waals surface area contributed by atoms with E-state index in [0.717, 1.165) is 50.1 Å². The van der Waals surface area contributed by atoms with Gasteiger partial charge in [0.2, 0.25) is 0 Å². The van der Waals surface area contributed by atoms with Crippen molar-refractivity contribution in [1.82, 2.24) is 4.90 Å². The van der Waals surface area contributed by atoms with Crippen LogP contribution in [-0.4, -0.2) is 50.0 Å². The standard InChI is InChI=1S/C19H27NO3/c1-20-9-8-19-11-13(21)5-6-14(19)15(20)10-12-4-7-16(22-2)18(23-3)17(12)19/h4,7,13-15,21H,5-6,8-11H2,1-3H3/t13-,14-,15+,19-/m0/s1. The maximum Gasteiger partial charge on any atom is 0.164 e. The summed E-state index contributed by atoms with van der Waals surface area (Å²) in [6.45, 7) is 1.09. The van der Waals surface area contributed by atoms with Crippen LogP contribution in [0.1, 0.15) is 36.8 Å². The zero-order valence-corrected chi connectivity index (χ0v) is 14.3. The smallest absolute Gasteiger partial charge is 0.164 e. The Morgan fingerprint density at radius 3 is 2.78 bits per heavy atom. The summed E-state index contributed by atoms with van der Waals surface area (Å²) in [5.74, 6) is 2.32. The normalized spacial score (nSPS) is 36.1. The van der Waals surface area contributed by atoms with Crippen molar-refractivity contribution in [2.24, 2.45) is 5.92 Å². The number of fused-ring (bicyclic) bond motifs is 1. The molecule has 4 atom stereocenters. The van der Waals surface area contributed by atoms with E-state index in [4.69, 9.17) is 9.47 Å². The third-order valence-corrected chi connectivity index (χ3v) is 6.62. The quantitative estimate of drug-likeness (QED) is 0.909. The minimum atomic E-state index is -0.197. The molecule has 0 aromatic heterocycles. The van der Waals surface area contributed by atoms with Gasteiger partial charge in [-0.3, -0.25) is 0 Å². The van der Waals surface area contributed by atoms with E-state index in [1.165, 1.54) is 11.1 Å². The molecule has 2 aliphatic carbocycles. The van der Waals surface area contributed by atoms with Gasteiger partial charge < -0.3 is 19.5 Å². The van der Waals surface area contributed by atoms with Crippen molar-refractivity contribution in [2.45, 2.75) is 49.7 Å². The van der Waals surface area contributed by atoms with E-state index in [0.29, 0.717) is 12.0 Å². The summed E-state index contributed by atoms with van der Waals surface area (Å²) in [6.07, 6.45) is 4.87. The Labute approximate surface area is 138 Å². The Bertz CT molecular complexity index is 617. The fourth-order valence-corrected chi connectivity index (χ4v) is 5.64. The largest absolute Gasteiger partial charge is 0.493 e. The van der Waals surface area contributed by atoms with Gasteiger partial charge in [-0.2, -0.15) is 0 Å². The van der Waals surface area contributed by atoms with Crippen LogP contribution in [0, 0.1) is 5.92 Å². The maximum absolute atomic E-state index is 10.5. The minimum Gasteiger partial charge on any atom is -0.493 e. The fraction of sp³-hybridized carbons (Fsp3) is 0.684. The summed E-state index contributed by atoms with van der Waals surface area (Å²) in [5, 5.41) is 10.5. The molecule has 0 spiro atoms. The number of aliphatic hydroxyl groups is 1. The van der Waals surface area contributed by atoms with Gasteiger partial charge in [0, 0.05) is 17.0 Å². The summed E-state index contributed by atoms with van der Waals surface area (Å²) in [5.41, 5.74) is 2.75. The maximum atomic E-state index is 10.5. The minimum absolute atomic E-state index is 0.0440. The summed E-state index contributed by atoms with van der Waals surface area (Å²) >= 11 is 0. The van der Waals surface area contributed by atoms with Crippen molar-refractivity contribution < 1.29 is 14.6 Å². The first-order valence-corrected chi connectivity index (χ1v) is 8.73. The van der Waals surface area contributed by atoms with E-state index in [1.807, 2.05) is 6.07 Å². The number of nitrogens with zero attached hydrogens (tertiary/aromatic N) is 1. The molecular weight excluding hydrogens is 290 g/mol. The molecule has 0 amide bonds. The number of rotatable bonds is 2. The van der Waals surface area contributed by atoms with Crippen LogP contribution in [0.4, 0.5) is 0 Å². The molecule has 1 saturated heterocycles. The number of benzene rings is 1. The summed E-state index contributed by atoms with van der Waals surface area (Å²) in [7, 11) is 5.70. The van der Waals surface area contributed by atoms with Gasteiger partial charge in [0.05, 0.1) is 20.3 Å². The number of ether oxygens (including phenoxy) is 2. The summed E-state index contributed by atoms with van der Waals surface area (Å²) < 4.78 is 11.4. The summed E-state index contributed by atoms with van der Waals surface area (Å²) in [4.78, 5) is 2.53. The first-order chi connectivity index (χ1) is 11.1. The lowest BCUT2D eigenvalue weighted by atomic mass is 9.51. The van der Waals surface area contributed by atoms with E-state index in [9.17, 15) is 5.11 Å². The number of likely N-dealkylation sites (N-methyl/N-ethyl adjacent to an activating group) is 1. The zero-order chi connectivity index (χ0) is 16.2. The second kappa shape index (κ2) is 5.38. The summed E-state index contributed by atoms with van der Waals surface area (Å²) in [6, 6.07) is 4.83. The Morgan fingerprint density at radius 2 is 2.04 bits per heavy atom. The van der Waals surface area contributed by atoms with Gasteiger partial charge in [-0.05, 0) is 63.2 Å². The van der Waals surface area contributed by atoms with Crippen molar-refractivity contribution >= 4 is 0 Å². The fourth-order valence-electron chi connectivity index (χ4n) is 5.64. The third-order valence-electron chi connectivity index (χ3n) is 6.62. The van der Waals surface area contributed by atoms with Crippen molar-refractivity contribution in [2.75, 3.05) is 27.8 Å². The van der Waals surface area contributed by atoms with Crippen LogP contribution in [0.2, 0.25) is 0 Å². The molecule has 126 valence electrons. The van der Waals surface area contributed by atoms with Crippen molar-refractivity contribution in [1.29, 1.82) is 0 Å². The Balaban J connectivity index is 1.95. The van der Waals surface area contributed by atoms with Crippen LogP contribution in [0.15, 0.2) is 12.1 Å². The van der Waals surface area contributed by atoms with Gasteiger partial charge in [-0.25, -0.2) is 0 Å². The van der Waals surface area contributed by atoms with Crippen LogP contribution >= 0.6 is 0 Å². The molecule has 2 fully saturated rings. The first-order valence-electron chi connectivity index (χ1n) is 8.73. The Hall–Kier alpha value is -1.26. The number of hydrogen-bond donors (Lipinski definition) is 1. The van der Waals surface area contributed by atoms with Gasteiger partial charge in [-0.1, -0.05) is 6.07 Å². The van der Waals surface area contributed by atoms with E-state index in [2.05, 4.69) is 18.0 Å². The number of hydrogen-bond acceptors (Lipinski definition) is 4. The average Bonchev–Trinajstić information content (AvgIpc) is 2.56. The highest BCUT2D eigenvalue weighted by molar-refractivity contribution is 5.57. The highest BCUT2D eigenvalue weighted by Gasteiger charge is 2.56. The lowest BCUT2D eigenvalue weighted by Gasteiger charge is -2.59. The molecule has 0 radical (unpaired) electrons. The molecule has 4 rings (SSSR count). The van der Waals surface area contributed by atoms with E-state index < -0.39 is 0 Å². The van der Waals surface area contributed by atoms with E-state index in [-0.39, 0.29) is 11.5 Å². The monoisotopic (exact) mass is 317 g/mol. The van der Waals surface area contributed by atoms with Crippen molar-refractivity contribution in [3.63, 3.8) is 0 Å². The van der Waals surface area contributed by atoms with Crippen LogP contribution in [0.5, 0.6) is 11.5 Å². The van der Waals surface area contributed by atoms with Gasteiger partial charge in [0.1, 0.15) is 0 Å². The molecule has 3 aliphatic rings. The van der Waals surface area contributed by atoms with Crippen LogP contribution in [0.3, 0.4) is 0 Å². The molecule has 4 nitrogen and oxygen atoms in total. The van der Waals surface area contributed by atoms with Crippen LogP contribution in [0.25, 0.3) is 0 Å². The molecule has 1 aromatic rings. The van der Waals surface area contributed by atoms with Crippen LogP contribution < -0.4 is 9.47 Å². The molecule has 2 bridgehead atoms. The van der Waals surface area contributed by atoms with E-state index >= 15 is 0 Å². The SMILES string of the molecule is COc1ccc2c(c1OC)[C@]13CCN(C)[C@H](C2)[C@@H]1CC[C@H](O)C3. The molecule has 4 heteroatoms. The first kappa shape index (κ1) is 15.3. The van der Waals surface area contributed by atoms with E-state index in [1.54, 1.807) is 14.2 Å². The molecule has 1 heterocycles. The molecule has 1 saturated carbocycles. The van der Waals surface area contributed by atoms with Gasteiger partial charge in [0.15, 0.2) is 11.5 Å². The zero-order valence-electron chi connectivity index (χ0n) is 14.3.